The molecule has 0 bridgehead atoms. The maximum Gasteiger partial charge on any atom is 0.254 e. The Labute approximate surface area is 135 Å². The molecule has 2 rings (SSSR count). The van der Waals surface area contributed by atoms with Gasteiger partial charge in [-0.3, -0.25) is 9.36 Å². The van der Waals surface area contributed by atoms with Gasteiger partial charge in [0.1, 0.15) is 17.4 Å². The van der Waals surface area contributed by atoms with Crippen molar-refractivity contribution in [1.29, 1.82) is 0 Å². The van der Waals surface area contributed by atoms with E-state index in [0.29, 0.717) is 25.2 Å². The smallest absolute Gasteiger partial charge is 0.254 e. The third-order valence-corrected chi connectivity index (χ3v) is 3.40. The van der Waals surface area contributed by atoms with E-state index in [1.807, 2.05) is 27.7 Å². The first-order valence-corrected chi connectivity index (χ1v) is 7.76. The van der Waals surface area contributed by atoms with E-state index < -0.39 is 0 Å². The Balaban J connectivity index is 2.04. The van der Waals surface area contributed by atoms with Crippen LogP contribution in [0.25, 0.3) is 0 Å². The van der Waals surface area contributed by atoms with E-state index in [0.717, 1.165) is 11.5 Å². The molecule has 0 fully saturated rings. The van der Waals surface area contributed by atoms with Gasteiger partial charge < -0.3 is 4.74 Å². The first-order chi connectivity index (χ1) is 10.8. The number of rotatable bonds is 5. The highest BCUT2D eigenvalue weighted by molar-refractivity contribution is 5.22. The zero-order valence-electron chi connectivity index (χ0n) is 14.1. The molecular formula is C18H23FN2O2. The molecular weight excluding hydrogens is 295 g/mol. The predicted octanol–water partition coefficient (Wildman–Crippen LogP) is 3.46. The number of benzene rings is 1. The minimum absolute atomic E-state index is 0.0361. The van der Waals surface area contributed by atoms with E-state index in [4.69, 9.17) is 4.74 Å². The quantitative estimate of drug-likeness (QED) is 0.793. The summed E-state index contributed by atoms with van der Waals surface area (Å²) in [5.41, 5.74) is 0.360. The fraction of sp³-hybridized carbons (Fsp3) is 0.444. The summed E-state index contributed by atoms with van der Waals surface area (Å²) < 4.78 is 20.3. The average Bonchev–Trinajstić information content (AvgIpc) is 2.41. The van der Waals surface area contributed by atoms with Gasteiger partial charge in [-0.15, -0.1) is 0 Å². The molecule has 0 aliphatic heterocycles. The SMILES string of the molecule is Cc1cc(=O)n(C(C)(C)C)c(CCCOc2cccc(F)c2)n1. The molecule has 0 saturated heterocycles. The van der Waals surface area contributed by atoms with Crippen molar-refractivity contribution in [2.75, 3.05) is 6.61 Å². The first-order valence-electron chi connectivity index (χ1n) is 7.76. The van der Waals surface area contributed by atoms with Gasteiger partial charge in [0.25, 0.3) is 5.56 Å². The molecule has 0 aliphatic carbocycles. The van der Waals surface area contributed by atoms with Crippen molar-refractivity contribution >= 4 is 0 Å². The number of hydrogen-bond acceptors (Lipinski definition) is 3. The molecule has 23 heavy (non-hydrogen) atoms. The van der Waals surface area contributed by atoms with E-state index in [9.17, 15) is 9.18 Å². The average molecular weight is 318 g/mol. The minimum Gasteiger partial charge on any atom is -0.493 e. The van der Waals surface area contributed by atoms with Gasteiger partial charge in [-0.2, -0.15) is 0 Å². The lowest BCUT2D eigenvalue weighted by atomic mass is 10.1. The number of aromatic nitrogens is 2. The number of nitrogens with zero attached hydrogens (tertiary/aromatic N) is 2. The van der Waals surface area contributed by atoms with Crippen LogP contribution in [0.3, 0.4) is 0 Å². The molecule has 1 heterocycles. The Morgan fingerprint density at radius 1 is 1.26 bits per heavy atom. The molecule has 0 aliphatic rings. The normalized spacial score (nSPS) is 11.5. The summed E-state index contributed by atoms with van der Waals surface area (Å²) in [5, 5.41) is 0. The van der Waals surface area contributed by atoms with Crippen molar-refractivity contribution in [3.63, 3.8) is 0 Å². The summed E-state index contributed by atoms with van der Waals surface area (Å²) in [5.74, 6) is 0.949. The van der Waals surface area contributed by atoms with Crippen LogP contribution < -0.4 is 10.3 Å². The van der Waals surface area contributed by atoms with Crippen LogP contribution in [0.4, 0.5) is 4.39 Å². The van der Waals surface area contributed by atoms with Gasteiger partial charge in [-0.1, -0.05) is 6.07 Å². The van der Waals surface area contributed by atoms with Gasteiger partial charge in [0.05, 0.1) is 6.61 Å². The Kier molecular flexibility index (Phi) is 5.19. The van der Waals surface area contributed by atoms with Crippen LogP contribution >= 0.6 is 0 Å². The van der Waals surface area contributed by atoms with E-state index >= 15 is 0 Å². The molecule has 0 unspecified atom stereocenters. The van der Waals surface area contributed by atoms with Gasteiger partial charge in [0.2, 0.25) is 0 Å². The van der Waals surface area contributed by atoms with Crippen LogP contribution in [-0.2, 0) is 12.0 Å². The second kappa shape index (κ2) is 6.94. The third-order valence-electron chi connectivity index (χ3n) is 3.40. The third kappa shape index (κ3) is 4.65. The molecule has 0 atom stereocenters. The van der Waals surface area contributed by atoms with E-state index in [2.05, 4.69) is 4.98 Å². The lowest BCUT2D eigenvalue weighted by Crippen LogP contribution is -2.37. The molecule has 5 heteroatoms. The molecule has 0 radical (unpaired) electrons. The molecule has 0 amide bonds. The summed E-state index contributed by atoms with van der Waals surface area (Å²) in [6, 6.07) is 7.63. The highest BCUT2D eigenvalue weighted by Crippen LogP contribution is 2.15. The Morgan fingerprint density at radius 2 is 2.00 bits per heavy atom. The second-order valence-electron chi connectivity index (χ2n) is 6.57. The summed E-state index contributed by atoms with van der Waals surface area (Å²) in [6.45, 7) is 8.22. The van der Waals surface area contributed by atoms with Crippen molar-refractivity contribution in [2.45, 2.75) is 46.1 Å². The second-order valence-corrected chi connectivity index (χ2v) is 6.57. The predicted molar refractivity (Wildman–Crippen MR) is 88.4 cm³/mol. The fourth-order valence-electron chi connectivity index (χ4n) is 2.52. The van der Waals surface area contributed by atoms with Crippen molar-refractivity contribution in [3.8, 4) is 5.75 Å². The van der Waals surface area contributed by atoms with Gasteiger partial charge in [-0.05, 0) is 46.2 Å². The summed E-state index contributed by atoms with van der Waals surface area (Å²) in [4.78, 5) is 16.8. The number of ether oxygens (including phenoxy) is 1. The number of aryl methyl sites for hydroxylation is 2. The zero-order chi connectivity index (χ0) is 17.0. The standard InChI is InChI=1S/C18H23FN2O2/c1-13-11-17(22)21(18(2,3)4)16(20-13)9-6-10-23-15-8-5-7-14(19)12-15/h5,7-8,11-12H,6,9-10H2,1-4H3. The van der Waals surface area contributed by atoms with Gasteiger partial charge in [0, 0.05) is 29.8 Å². The molecule has 1 aromatic carbocycles. The van der Waals surface area contributed by atoms with E-state index in [1.54, 1.807) is 22.8 Å². The topological polar surface area (TPSA) is 44.1 Å². The van der Waals surface area contributed by atoms with Gasteiger partial charge in [-0.25, -0.2) is 9.37 Å². The van der Waals surface area contributed by atoms with E-state index in [1.165, 1.54) is 12.1 Å². The summed E-state index contributed by atoms with van der Waals surface area (Å²) in [7, 11) is 0. The molecule has 0 spiro atoms. The van der Waals surface area contributed by atoms with Gasteiger partial charge >= 0.3 is 0 Å². The largest absolute Gasteiger partial charge is 0.493 e. The summed E-state index contributed by atoms with van der Waals surface area (Å²) in [6.07, 6.45) is 1.33. The first kappa shape index (κ1) is 17.2. The maximum atomic E-state index is 13.1. The maximum absolute atomic E-state index is 13.1. The van der Waals surface area contributed by atoms with Crippen LogP contribution in [0.15, 0.2) is 35.1 Å². The lowest BCUT2D eigenvalue weighted by molar-refractivity contribution is 0.301. The van der Waals surface area contributed by atoms with Crippen molar-refractivity contribution in [3.05, 3.63) is 58.0 Å². The lowest BCUT2D eigenvalue weighted by Gasteiger charge is -2.25. The molecule has 0 saturated carbocycles. The number of hydrogen-bond donors (Lipinski definition) is 0. The van der Waals surface area contributed by atoms with Crippen LogP contribution in [-0.4, -0.2) is 16.2 Å². The van der Waals surface area contributed by atoms with Crippen molar-refractivity contribution in [2.24, 2.45) is 0 Å². The Bertz CT molecular complexity index is 733. The molecule has 1 aromatic heterocycles. The minimum atomic E-state index is -0.323. The fourth-order valence-corrected chi connectivity index (χ4v) is 2.52. The molecule has 2 aromatic rings. The highest BCUT2D eigenvalue weighted by Gasteiger charge is 2.19. The molecule has 4 nitrogen and oxygen atoms in total. The Morgan fingerprint density at radius 3 is 2.65 bits per heavy atom. The molecule has 0 N–H and O–H groups in total. The highest BCUT2D eigenvalue weighted by atomic mass is 19.1. The van der Waals surface area contributed by atoms with Gasteiger partial charge in [0.15, 0.2) is 0 Å². The van der Waals surface area contributed by atoms with Crippen LogP contribution in [0.1, 0.15) is 38.7 Å². The monoisotopic (exact) mass is 318 g/mol. The van der Waals surface area contributed by atoms with Crippen LogP contribution in [0.2, 0.25) is 0 Å². The van der Waals surface area contributed by atoms with E-state index in [-0.39, 0.29) is 16.9 Å². The van der Waals surface area contributed by atoms with Crippen LogP contribution in [0.5, 0.6) is 5.75 Å². The van der Waals surface area contributed by atoms with Crippen molar-refractivity contribution in [1.82, 2.24) is 9.55 Å². The summed E-state index contributed by atoms with van der Waals surface area (Å²) >= 11 is 0. The van der Waals surface area contributed by atoms with Crippen molar-refractivity contribution < 1.29 is 9.13 Å². The number of halogens is 1. The van der Waals surface area contributed by atoms with Crippen LogP contribution in [0, 0.1) is 12.7 Å². The Hall–Kier alpha value is -2.17. The molecule has 124 valence electrons. The zero-order valence-corrected chi connectivity index (χ0v) is 14.1.